The molecule has 0 atom stereocenters. The van der Waals surface area contributed by atoms with Crippen LogP contribution in [-0.4, -0.2) is 23.3 Å². The van der Waals surface area contributed by atoms with E-state index in [2.05, 4.69) is 4.98 Å². The van der Waals surface area contributed by atoms with Gasteiger partial charge in [0.15, 0.2) is 0 Å². The fourth-order valence-corrected chi connectivity index (χ4v) is 2.72. The average molecular weight is 303 g/mol. The number of hydrogen-bond acceptors (Lipinski definition) is 5. The topological polar surface area (TPSA) is 40.6 Å². The Morgan fingerprint density at radius 1 is 1.05 bits per heavy atom. The lowest BCUT2D eigenvalue weighted by Gasteiger charge is -2.32. The molecule has 0 saturated carbocycles. The van der Waals surface area contributed by atoms with Gasteiger partial charge in [-0.2, -0.15) is 0 Å². The number of nitrogens with zero attached hydrogens (tertiary/aromatic N) is 1. The van der Waals surface area contributed by atoms with E-state index in [1.807, 2.05) is 58.0 Å². The Kier molecular flexibility index (Phi) is 3.55. The minimum absolute atomic E-state index is 0.345. The number of ether oxygens (including phenoxy) is 1. The van der Waals surface area contributed by atoms with Gasteiger partial charge in [0.25, 0.3) is 5.19 Å². The lowest BCUT2D eigenvalue weighted by atomic mass is 9.89. The molecule has 2 heterocycles. The SMILES string of the molecule is CC1(C)OB(c2cnc(Oc3ccccc3)s2)OC1(C)C. The van der Waals surface area contributed by atoms with E-state index in [1.165, 1.54) is 11.3 Å². The molecule has 0 amide bonds. The highest BCUT2D eigenvalue weighted by atomic mass is 32.1. The van der Waals surface area contributed by atoms with Crippen molar-refractivity contribution in [3.8, 4) is 10.9 Å². The third kappa shape index (κ3) is 2.84. The monoisotopic (exact) mass is 303 g/mol. The fraction of sp³-hybridized carbons (Fsp3) is 0.400. The van der Waals surface area contributed by atoms with Gasteiger partial charge in [-0.05, 0) is 39.8 Å². The molecular formula is C15H18BNO3S. The lowest BCUT2D eigenvalue weighted by molar-refractivity contribution is 0.00578. The molecule has 0 spiro atoms. The fourth-order valence-electron chi connectivity index (χ4n) is 1.97. The first-order chi connectivity index (χ1) is 9.87. The number of benzene rings is 1. The largest absolute Gasteiger partial charge is 0.507 e. The van der Waals surface area contributed by atoms with Crippen molar-refractivity contribution >= 4 is 23.2 Å². The zero-order valence-electron chi connectivity index (χ0n) is 12.6. The summed E-state index contributed by atoms with van der Waals surface area (Å²) in [5.41, 5.74) is -0.690. The minimum Gasteiger partial charge on any atom is -0.431 e. The predicted octanol–water partition coefficient (Wildman–Crippen LogP) is 3.23. The van der Waals surface area contributed by atoms with Crippen LogP contribution in [0.2, 0.25) is 0 Å². The van der Waals surface area contributed by atoms with Crippen LogP contribution in [0.25, 0.3) is 0 Å². The highest BCUT2D eigenvalue weighted by Crippen LogP contribution is 2.37. The molecule has 1 aromatic carbocycles. The van der Waals surface area contributed by atoms with Crippen molar-refractivity contribution in [2.24, 2.45) is 0 Å². The first-order valence-electron chi connectivity index (χ1n) is 6.92. The molecule has 3 rings (SSSR count). The van der Waals surface area contributed by atoms with Crippen LogP contribution in [0.1, 0.15) is 27.7 Å². The number of rotatable bonds is 3. The van der Waals surface area contributed by atoms with E-state index in [9.17, 15) is 0 Å². The van der Waals surface area contributed by atoms with Gasteiger partial charge < -0.3 is 14.0 Å². The maximum absolute atomic E-state index is 6.01. The highest BCUT2D eigenvalue weighted by molar-refractivity contribution is 7.23. The van der Waals surface area contributed by atoms with Crippen molar-refractivity contribution in [3.05, 3.63) is 36.5 Å². The Hall–Kier alpha value is -1.37. The molecule has 4 nitrogen and oxygen atoms in total. The number of hydrogen-bond donors (Lipinski definition) is 0. The summed E-state index contributed by atoms with van der Waals surface area (Å²) in [6.45, 7) is 8.15. The molecule has 0 bridgehead atoms. The van der Waals surface area contributed by atoms with Crippen molar-refractivity contribution in [2.75, 3.05) is 0 Å². The average Bonchev–Trinajstić information content (AvgIpc) is 2.94. The maximum atomic E-state index is 6.01. The van der Waals surface area contributed by atoms with E-state index < -0.39 is 0 Å². The Morgan fingerprint density at radius 2 is 1.67 bits per heavy atom. The van der Waals surface area contributed by atoms with Crippen molar-refractivity contribution in [3.63, 3.8) is 0 Å². The van der Waals surface area contributed by atoms with E-state index in [0.717, 1.165) is 10.5 Å². The number of thiazole rings is 1. The molecule has 21 heavy (non-hydrogen) atoms. The number of aromatic nitrogens is 1. The molecule has 0 radical (unpaired) electrons. The molecule has 0 N–H and O–H groups in total. The van der Waals surface area contributed by atoms with Crippen molar-refractivity contribution in [2.45, 2.75) is 38.9 Å². The third-order valence-corrected chi connectivity index (χ3v) is 4.83. The van der Waals surface area contributed by atoms with Gasteiger partial charge >= 0.3 is 7.12 Å². The van der Waals surface area contributed by atoms with Crippen LogP contribution in [0.15, 0.2) is 36.5 Å². The molecule has 1 aromatic heterocycles. The smallest absolute Gasteiger partial charge is 0.431 e. The normalized spacial score (nSPS) is 19.7. The van der Waals surface area contributed by atoms with Gasteiger partial charge in [-0.3, -0.25) is 0 Å². The van der Waals surface area contributed by atoms with Crippen LogP contribution in [-0.2, 0) is 9.31 Å². The van der Waals surface area contributed by atoms with Crippen LogP contribution < -0.4 is 9.51 Å². The summed E-state index contributed by atoms with van der Waals surface area (Å²) in [7, 11) is -0.388. The standard InChI is InChI=1S/C15H18BNO3S/c1-14(2)15(3,4)20-16(19-14)12-10-17-13(21-12)18-11-8-6-5-7-9-11/h5-10H,1-4H3. The Balaban J connectivity index is 1.74. The van der Waals surface area contributed by atoms with Crippen molar-refractivity contribution < 1.29 is 14.0 Å². The predicted molar refractivity (Wildman–Crippen MR) is 84.3 cm³/mol. The van der Waals surface area contributed by atoms with E-state index in [4.69, 9.17) is 14.0 Å². The summed E-state index contributed by atoms with van der Waals surface area (Å²) >= 11 is 1.44. The first kappa shape index (κ1) is 14.6. The van der Waals surface area contributed by atoms with Gasteiger partial charge in [0.05, 0.1) is 16.0 Å². The molecule has 1 aliphatic heterocycles. The van der Waals surface area contributed by atoms with Gasteiger partial charge in [-0.15, -0.1) is 0 Å². The van der Waals surface area contributed by atoms with Crippen molar-refractivity contribution in [1.82, 2.24) is 4.98 Å². The Morgan fingerprint density at radius 3 is 2.29 bits per heavy atom. The zero-order valence-corrected chi connectivity index (χ0v) is 13.4. The van der Waals surface area contributed by atoms with Crippen LogP contribution in [0.5, 0.6) is 10.9 Å². The Labute approximate surface area is 129 Å². The van der Waals surface area contributed by atoms with Gasteiger partial charge in [0.2, 0.25) is 0 Å². The van der Waals surface area contributed by atoms with Crippen LogP contribution in [0, 0.1) is 0 Å². The highest BCUT2D eigenvalue weighted by Gasteiger charge is 2.52. The molecule has 6 heteroatoms. The molecule has 0 unspecified atom stereocenters. The quantitative estimate of drug-likeness (QED) is 0.816. The first-order valence-corrected chi connectivity index (χ1v) is 7.73. The molecule has 1 fully saturated rings. The van der Waals surface area contributed by atoms with Crippen LogP contribution >= 0.6 is 11.3 Å². The van der Waals surface area contributed by atoms with Crippen LogP contribution in [0.4, 0.5) is 0 Å². The molecule has 2 aromatic rings. The van der Waals surface area contributed by atoms with Crippen molar-refractivity contribution in [1.29, 1.82) is 0 Å². The van der Waals surface area contributed by atoms with Gasteiger partial charge in [0, 0.05) is 6.20 Å². The van der Waals surface area contributed by atoms with E-state index in [-0.39, 0.29) is 18.3 Å². The number of para-hydroxylation sites is 1. The van der Waals surface area contributed by atoms with E-state index >= 15 is 0 Å². The minimum atomic E-state index is -0.388. The summed E-state index contributed by atoms with van der Waals surface area (Å²) in [6, 6.07) is 9.60. The second kappa shape index (κ2) is 5.12. The molecular weight excluding hydrogens is 285 g/mol. The van der Waals surface area contributed by atoms with E-state index in [1.54, 1.807) is 6.20 Å². The maximum Gasteiger partial charge on any atom is 0.507 e. The third-order valence-electron chi connectivity index (χ3n) is 3.94. The zero-order chi connectivity index (χ0) is 15.1. The van der Waals surface area contributed by atoms with Crippen LogP contribution in [0.3, 0.4) is 0 Å². The molecule has 110 valence electrons. The second-order valence-corrected chi connectivity index (χ2v) is 7.06. The summed E-state index contributed by atoms with van der Waals surface area (Å²) in [6.07, 6.45) is 1.76. The summed E-state index contributed by atoms with van der Waals surface area (Å²) < 4.78 is 18.6. The Bertz CT molecular complexity index is 611. The summed E-state index contributed by atoms with van der Waals surface area (Å²) in [5, 5.41) is 0.589. The summed E-state index contributed by atoms with van der Waals surface area (Å²) in [5.74, 6) is 0.771. The summed E-state index contributed by atoms with van der Waals surface area (Å²) in [4.78, 5) is 4.29. The lowest BCUT2D eigenvalue weighted by Crippen LogP contribution is -2.41. The van der Waals surface area contributed by atoms with Gasteiger partial charge in [-0.25, -0.2) is 4.98 Å². The van der Waals surface area contributed by atoms with E-state index in [0.29, 0.717) is 5.19 Å². The van der Waals surface area contributed by atoms with Gasteiger partial charge in [0.1, 0.15) is 5.75 Å². The van der Waals surface area contributed by atoms with Gasteiger partial charge in [-0.1, -0.05) is 29.5 Å². The second-order valence-electron chi connectivity index (χ2n) is 6.03. The molecule has 0 aliphatic carbocycles. The molecule has 1 saturated heterocycles. The molecule has 1 aliphatic rings.